The van der Waals surface area contributed by atoms with E-state index in [2.05, 4.69) is 31.2 Å². The van der Waals surface area contributed by atoms with Gasteiger partial charge in [0, 0.05) is 39.9 Å². The normalized spacial score (nSPS) is 12.2. The highest BCUT2D eigenvalue weighted by Gasteiger charge is 2.21. The van der Waals surface area contributed by atoms with Gasteiger partial charge in [-0.05, 0) is 40.2 Å². The van der Waals surface area contributed by atoms with Crippen molar-refractivity contribution in [1.29, 1.82) is 0 Å². The molecule has 0 fully saturated rings. The number of halogens is 2. The van der Waals surface area contributed by atoms with Gasteiger partial charge in [0.1, 0.15) is 11.5 Å². The number of carbonyl (C=O) groups excluding carboxylic acids is 1. The number of hydrogen-bond donors (Lipinski definition) is 3. The Morgan fingerprint density at radius 2 is 2.14 bits per heavy atom. The monoisotopic (exact) mass is 458 g/mol. The highest BCUT2D eigenvalue weighted by Crippen LogP contribution is 2.39. The fourth-order valence-corrected chi connectivity index (χ4v) is 4.90. The molecule has 3 aromatic heterocycles. The highest BCUT2D eigenvalue weighted by atomic mass is 79.9. The van der Waals surface area contributed by atoms with Crippen molar-refractivity contribution >= 4 is 44.2 Å². The first-order valence-electron chi connectivity index (χ1n) is 8.55. The van der Waals surface area contributed by atoms with Crippen molar-refractivity contribution in [3.63, 3.8) is 0 Å². The van der Waals surface area contributed by atoms with E-state index in [1.165, 1.54) is 17.4 Å². The van der Waals surface area contributed by atoms with E-state index in [0.717, 1.165) is 25.9 Å². The van der Waals surface area contributed by atoms with Crippen LogP contribution in [0.4, 0.5) is 4.39 Å². The largest absolute Gasteiger partial charge is 0.346 e. The van der Waals surface area contributed by atoms with Crippen LogP contribution in [-0.4, -0.2) is 22.4 Å². The van der Waals surface area contributed by atoms with E-state index in [-0.39, 0.29) is 12.5 Å². The van der Waals surface area contributed by atoms with Gasteiger partial charge in [-0.25, -0.2) is 9.37 Å². The molecule has 1 atom stereocenters. The maximum atomic E-state index is 14.1. The van der Waals surface area contributed by atoms with E-state index in [0.29, 0.717) is 10.4 Å². The predicted molar refractivity (Wildman–Crippen MR) is 113 cm³/mol. The number of hydrogen-bond acceptors (Lipinski definition) is 4. The Morgan fingerprint density at radius 3 is 2.93 bits per heavy atom. The van der Waals surface area contributed by atoms with Crippen LogP contribution in [0.5, 0.6) is 0 Å². The Labute approximate surface area is 172 Å². The molecule has 4 N–H and O–H groups in total. The van der Waals surface area contributed by atoms with E-state index in [1.807, 2.05) is 18.3 Å². The second-order valence-electron chi connectivity index (χ2n) is 6.17. The Balaban J connectivity index is 1.64. The number of aromatic nitrogens is 2. The molecule has 4 aromatic rings. The van der Waals surface area contributed by atoms with Crippen LogP contribution in [0.25, 0.3) is 21.5 Å². The average molecular weight is 459 g/mol. The molecular formula is C20H16BrFN4OS. The van der Waals surface area contributed by atoms with Gasteiger partial charge >= 0.3 is 0 Å². The van der Waals surface area contributed by atoms with Crippen molar-refractivity contribution < 1.29 is 9.18 Å². The quantitative estimate of drug-likeness (QED) is 0.407. The van der Waals surface area contributed by atoms with Crippen LogP contribution in [0.2, 0.25) is 0 Å². The number of carbonyl (C=O) groups is 1. The SMILES string of the molecule is NCC(NC(=O)c1cc(Br)c(-c2ccnc3[nH]ccc23)s1)c1ccccc1F. The molecule has 5 nitrogen and oxygen atoms in total. The Morgan fingerprint density at radius 1 is 1.32 bits per heavy atom. The third kappa shape index (κ3) is 3.46. The summed E-state index contributed by atoms with van der Waals surface area (Å²) in [5, 5.41) is 3.81. The number of thiophene rings is 1. The number of benzene rings is 1. The van der Waals surface area contributed by atoms with Crippen LogP contribution in [0.1, 0.15) is 21.3 Å². The van der Waals surface area contributed by atoms with Crippen LogP contribution in [0.15, 0.2) is 59.3 Å². The number of fused-ring (bicyclic) bond motifs is 1. The number of nitrogens with one attached hydrogen (secondary N) is 2. The molecule has 8 heteroatoms. The molecule has 4 rings (SSSR count). The van der Waals surface area contributed by atoms with E-state index >= 15 is 0 Å². The van der Waals surface area contributed by atoms with Crippen molar-refractivity contribution in [1.82, 2.24) is 15.3 Å². The number of amides is 1. The Bertz CT molecular complexity index is 1160. The maximum Gasteiger partial charge on any atom is 0.261 e. The minimum absolute atomic E-state index is 0.0976. The van der Waals surface area contributed by atoms with Gasteiger partial charge in [-0.3, -0.25) is 4.79 Å². The zero-order valence-electron chi connectivity index (χ0n) is 14.6. The van der Waals surface area contributed by atoms with Gasteiger partial charge in [0.2, 0.25) is 0 Å². The van der Waals surface area contributed by atoms with Gasteiger partial charge in [-0.2, -0.15) is 0 Å². The fraction of sp³-hybridized carbons (Fsp3) is 0.100. The molecule has 0 saturated carbocycles. The van der Waals surface area contributed by atoms with E-state index in [9.17, 15) is 9.18 Å². The summed E-state index contributed by atoms with van der Waals surface area (Å²) in [6.07, 6.45) is 3.55. The molecule has 0 radical (unpaired) electrons. The molecule has 3 heterocycles. The molecule has 1 aromatic carbocycles. The number of rotatable bonds is 5. The smallest absolute Gasteiger partial charge is 0.261 e. The molecule has 0 aliphatic carbocycles. The zero-order valence-corrected chi connectivity index (χ0v) is 17.0. The predicted octanol–water partition coefficient (Wildman–Crippen LogP) is 4.62. The van der Waals surface area contributed by atoms with Gasteiger partial charge in [0.25, 0.3) is 5.91 Å². The molecule has 0 aliphatic heterocycles. The number of pyridine rings is 1. The lowest BCUT2D eigenvalue weighted by Crippen LogP contribution is -2.33. The summed E-state index contributed by atoms with van der Waals surface area (Å²) < 4.78 is 14.9. The molecule has 142 valence electrons. The van der Waals surface area contributed by atoms with Crippen LogP contribution in [0, 0.1) is 5.82 Å². The molecule has 0 spiro atoms. The summed E-state index contributed by atoms with van der Waals surface area (Å²) in [6, 6.07) is 11.3. The van der Waals surface area contributed by atoms with E-state index < -0.39 is 11.9 Å². The Hall–Kier alpha value is -2.55. The molecule has 0 aliphatic rings. The van der Waals surface area contributed by atoms with E-state index in [4.69, 9.17) is 5.73 Å². The van der Waals surface area contributed by atoms with Crippen LogP contribution >= 0.6 is 27.3 Å². The van der Waals surface area contributed by atoms with Gasteiger partial charge in [0.15, 0.2) is 0 Å². The first kappa shape index (κ1) is 18.8. The minimum atomic E-state index is -0.602. The van der Waals surface area contributed by atoms with Crippen molar-refractivity contribution in [2.24, 2.45) is 5.73 Å². The highest BCUT2D eigenvalue weighted by molar-refractivity contribution is 9.10. The summed E-state index contributed by atoms with van der Waals surface area (Å²) in [5.74, 6) is -0.687. The van der Waals surface area contributed by atoms with Crippen LogP contribution in [-0.2, 0) is 0 Å². The number of nitrogens with two attached hydrogens (primary N) is 1. The van der Waals surface area contributed by atoms with Gasteiger partial charge in [-0.1, -0.05) is 18.2 Å². The third-order valence-electron chi connectivity index (χ3n) is 4.44. The molecule has 0 bridgehead atoms. The lowest BCUT2D eigenvalue weighted by molar-refractivity contribution is 0.0941. The van der Waals surface area contributed by atoms with Crippen molar-refractivity contribution in [2.45, 2.75) is 6.04 Å². The summed E-state index contributed by atoms with van der Waals surface area (Å²) >= 11 is 4.91. The summed E-state index contributed by atoms with van der Waals surface area (Å²) in [6.45, 7) is 0.0976. The first-order chi connectivity index (χ1) is 13.6. The molecular weight excluding hydrogens is 443 g/mol. The second kappa shape index (κ2) is 7.83. The van der Waals surface area contributed by atoms with Gasteiger partial charge in [0.05, 0.1) is 15.8 Å². The maximum absolute atomic E-state index is 14.1. The second-order valence-corrected chi connectivity index (χ2v) is 8.08. The van der Waals surface area contributed by atoms with Crippen molar-refractivity contribution in [3.8, 4) is 10.4 Å². The molecule has 0 saturated heterocycles. The minimum Gasteiger partial charge on any atom is -0.346 e. The first-order valence-corrected chi connectivity index (χ1v) is 10.2. The zero-order chi connectivity index (χ0) is 19.7. The summed E-state index contributed by atoms with van der Waals surface area (Å²) in [7, 11) is 0. The average Bonchev–Trinajstić information content (AvgIpc) is 3.33. The van der Waals surface area contributed by atoms with Crippen molar-refractivity contribution in [3.05, 3.63) is 75.6 Å². The lowest BCUT2D eigenvalue weighted by Gasteiger charge is -2.17. The summed E-state index contributed by atoms with van der Waals surface area (Å²) in [4.78, 5) is 21.6. The Kier molecular flexibility index (Phi) is 5.25. The molecule has 1 unspecified atom stereocenters. The lowest BCUT2D eigenvalue weighted by atomic mass is 10.1. The topological polar surface area (TPSA) is 83.8 Å². The fourth-order valence-electron chi connectivity index (χ4n) is 3.07. The van der Waals surface area contributed by atoms with Gasteiger partial charge < -0.3 is 16.0 Å². The van der Waals surface area contributed by atoms with Crippen molar-refractivity contribution in [2.75, 3.05) is 6.54 Å². The summed E-state index contributed by atoms with van der Waals surface area (Å²) in [5.41, 5.74) is 7.91. The third-order valence-corrected chi connectivity index (χ3v) is 6.49. The number of aromatic amines is 1. The number of H-pyrrole nitrogens is 1. The van der Waals surface area contributed by atoms with Crippen LogP contribution in [0.3, 0.4) is 0 Å². The molecule has 28 heavy (non-hydrogen) atoms. The number of nitrogens with zero attached hydrogens (tertiary/aromatic N) is 1. The van der Waals surface area contributed by atoms with Crippen LogP contribution < -0.4 is 11.1 Å². The van der Waals surface area contributed by atoms with Gasteiger partial charge in [-0.15, -0.1) is 11.3 Å². The molecule has 1 amide bonds. The standard InChI is InChI=1S/C20H16BrFN4OS/c21-14-9-17(20(27)26-16(10-23)13-3-1-2-4-15(13)22)28-18(14)11-5-7-24-19-12(11)6-8-25-19/h1-9,16H,10,23H2,(H,24,25)(H,26,27). The van der Waals surface area contributed by atoms with E-state index in [1.54, 1.807) is 30.5 Å².